The summed E-state index contributed by atoms with van der Waals surface area (Å²) < 4.78 is 0. The Hall–Kier alpha value is -0.860. The summed E-state index contributed by atoms with van der Waals surface area (Å²) in [5.74, 6) is 0.597. The van der Waals surface area contributed by atoms with Gasteiger partial charge in [-0.3, -0.25) is 4.90 Å². The normalized spacial score (nSPS) is 12.4. The van der Waals surface area contributed by atoms with E-state index in [1.54, 1.807) is 0 Å². The van der Waals surface area contributed by atoms with E-state index >= 15 is 0 Å². The maximum absolute atomic E-state index is 6.14. The molecule has 0 heterocycles. The van der Waals surface area contributed by atoms with Crippen LogP contribution in [0.3, 0.4) is 0 Å². The number of benzene rings is 1. The topological polar surface area (TPSA) is 29.3 Å². The number of nitrogens with two attached hydrogens (primary N) is 1. The third-order valence-corrected chi connectivity index (χ3v) is 4.88. The Morgan fingerprint density at radius 2 is 1.62 bits per heavy atom. The van der Waals surface area contributed by atoms with Crippen molar-refractivity contribution in [3.8, 4) is 0 Å². The van der Waals surface area contributed by atoms with Crippen molar-refractivity contribution < 1.29 is 0 Å². The molecule has 21 heavy (non-hydrogen) atoms. The molecule has 2 heteroatoms. The number of rotatable bonds is 9. The lowest BCUT2D eigenvalue weighted by Crippen LogP contribution is -2.53. The third-order valence-electron chi connectivity index (χ3n) is 4.88. The Morgan fingerprint density at radius 3 is 2.00 bits per heavy atom. The number of hydrogen-bond donors (Lipinski definition) is 1. The predicted octanol–water partition coefficient (Wildman–Crippen LogP) is 4.54. The third kappa shape index (κ3) is 4.55. The van der Waals surface area contributed by atoms with Crippen molar-refractivity contribution in [1.82, 2.24) is 4.90 Å². The first-order chi connectivity index (χ1) is 10.0. The molecule has 1 aromatic carbocycles. The lowest BCUT2D eigenvalue weighted by Gasteiger charge is -2.42. The fraction of sp³-hybridized carbons (Fsp3) is 0.684. The first-order valence-electron chi connectivity index (χ1n) is 8.56. The van der Waals surface area contributed by atoms with E-state index in [0.29, 0.717) is 5.92 Å². The van der Waals surface area contributed by atoms with Gasteiger partial charge in [0.15, 0.2) is 0 Å². The van der Waals surface area contributed by atoms with Crippen LogP contribution < -0.4 is 5.73 Å². The minimum Gasteiger partial charge on any atom is -0.329 e. The second-order valence-corrected chi connectivity index (χ2v) is 6.45. The summed E-state index contributed by atoms with van der Waals surface area (Å²) in [7, 11) is 0. The van der Waals surface area contributed by atoms with Crippen LogP contribution in [0.15, 0.2) is 24.3 Å². The molecule has 1 rings (SSSR count). The van der Waals surface area contributed by atoms with Crippen LogP contribution in [-0.4, -0.2) is 23.5 Å². The molecule has 0 aliphatic rings. The SMILES string of the molecule is CCCN(Cc1ccc(C(C)C)cc1)C(CC)(CC)CN. The Labute approximate surface area is 131 Å². The fourth-order valence-corrected chi connectivity index (χ4v) is 3.10. The molecule has 0 unspecified atom stereocenters. The fourth-order valence-electron chi connectivity index (χ4n) is 3.10. The minimum atomic E-state index is 0.146. The molecule has 0 bridgehead atoms. The molecule has 2 nitrogen and oxygen atoms in total. The van der Waals surface area contributed by atoms with Crippen LogP contribution in [0.2, 0.25) is 0 Å². The van der Waals surface area contributed by atoms with E-state index in [4.69, 9.17) is 5.73 Å². The molecule has 0 aliphatic heterocycles. The highest BCUT2D eigenvalue weighted by atomic mass is 15.2. The van der Waals surface area contributed by atoms with Gasteiger partial charge in [0.1, 0.15) is 0 Å². The molecule has 0 saturated carbocycles. The first-order valence-corrected chi connectivity index (χ1v) is 8.56. The average Bonchev–Trinajstić information content (AvgIpc) is 2.50. The Bertz CT molecular complexity index is 382. The van der Waals surface area contributed by atoms with E-state index in [-0.39, 0.29) is 5.54 Å². The van der Waals surface area contributed by atoms with Crippen molar-refractivity contribution >= 4 is 0 Å². The maximum Gasteiger partial charge on any atom is 0.0330 e. The molecule has 0 aliphatic carbocycles. The zero-order valence-electron chi connectivity index (χ0n) is 14.7. The van der Waals surface area contributed by atoms with Gasteiger partial charge in [-0.25, -0.2) is 0 Å². The van der Waals surface area contributed by atoms with Crippen molar-refractivity contribution in [2.24, 2.45) is 5.73 Å². The summed E-state index contributed by atoms with van der Waals surface area (Å²) in [5, 5.41) is 0. The highest BCUT2D eigenvalue weighted by Gasteiger charge is 2.31. The van der Waals surface area contributed by atoms with Crippen molar-refractivity contribution in [3.05, 3.63) is 35.4 Å². The molecule has 0 atom stereocenters. The van der Waals surface area contributed by atoms with Gasteiger partial charge in [0.2, 0.25) is 0 Å². The van der Waals surface area contributed by atoms with Gasteiger partial charge in [-0.05, 0) is 42.9 Å². The Kier molecular flexibility index (Phi) is 7.41. The van der Waals surface area contributed by atoms with Crippen LogP contribution in [-0.2, 0) is 6.54 Å². The van der Waals surface area contributed by atoms with Crippen LogP contribution in [0.1, 0.15) is 70.9 Å². The van der Waals surface area contributed by atoms with Gasteiger partial charge in [-0.2, -0.15) is 0 Å². The zero-order chi connectivity index (χ0) is 15.9. The second-order valence-electron chi connectivity index (χ2n) is 6.45. The van der Waals surface area contributed by atoms with Gasteiger partial charge < -0.3 is 5.73 Å². The number of hydrogen-bond acceptors (Lipinski definition) is 2. The van der Waals surface area contributed by atoms with Crippen molar-refractivity contribution in [3.63, 3.8) is 0 Å². The molecule has 0 radical (unpaired) electrons. The molecule has 0 spiro atoms. The van der Waals surface area contributed by atoms with Gasteiger partial charge in [0.05, 0.1) is 0 Å². The van der Waals surface area contributed by atoms with Crippen LogP contribution in [0.25, 0.3) is 0 Å². The van der Waals surface area contributed by atoms with Gasteiger partial charge >= 0.3 is 0 Å². The largest absolute Gasteiger partial charge is 0.329 e. The molecule has 2 N–H and O–H groups in total. The molecule has 0 amide bonds. The van der Waals surface area contributed by atoms with Crippen molar-refractivity contribution in [2.75, 3.05) is 13.1 Å². The molecule has 0 aromatic heterocycles. The summed E-state index contributed by atoms with van der Waals surface area (Å²) in [6.07, 6.45) is 3.40. The van der Waals surface area contributed by atoms with Crippen LogP contribution in [0.5, 0.6) is 0 Å². The van der Waals surface area contributed by atoms with Crippen molar-refractivity contribution in [2.45, 2.75) is 71.9 Å². The zero-order valence-corrected chi connectivity index (χ0v) is 14.7. The van der Waals surface area contributed by atoms with E-state index in [2.05, 4.69) is 63.8 Å². The van der Waals surface area contributed by atoms with Gasteiger partial charge in [-0.15, -0.1) is 0 Å². The highest BCUT2D eigenvalue weighted by molar-refractivity contribution is 5.24. The summed E-state index contributed by atoms with van der Waals surface area (Å²) in [4.78, 5) is 2.59. The summed E-state index contributed by atoms with van der Waals surface area (Å²) >= 11 is 0. The lowest BCUT2D eigenvalue weighted by molar-refractivity contribution is 0.0766. The maximum atomic E-state index is 6.14. The monoisotopic (exact) mass is 290 g/mol. The lowest BCUT2D eigenvalue weighted by atomic mass is 9.89. The quantitative estimate of drug-likeness (QED) is 0.723. The van der Waals surface area contributed by atoms with E-state index in [9.17, 15) is 0 Å². The van der Waals surface area contributed by atoms with E-state index in [1.807, 2.05) is 0 Å². The minimum absolute atomic E-state index is 0.146. The molecule has 0 fully saturated rings. The predicted molar refractivity (Wildman–Crippen MR) is 93.6 cm³/mol. The van der Waals surface area contributed by atoms with Gasteiger partial charge in [-0.1, -0.05) is 58.9 Å². The second kappa shape index (κ2) is 8.55. The molecular weight excluding hydrogens is 256 g/mol. The Morgan fingerprint density at radius 1 is 1.05 bits per heavy atom. The first kappa shape index (κ1) is 18.2. The van der Waals surface area contributed by atoms with E-state index < -0.39 is 0 Å². The molecular formula is C19H34N2. The molecule has 120 valence electrons. The average molecular weight is 290 g/mol. The van der Waals surface area contributed by atoms with E-state index in [1.165, 1.54) is 17.5 Å². The van der Waals surface area contributed by atoms with Crippen molar-refractivity contribution in [1.29, 1.82) is 0 Å². The van der Waals surface area contributed by atoms with E-state index in [0.717, 1.165) is 32.5 Å². The highest BCUT2D eigenvalue weighted by Crippen LogP contribution is 2.26. The Balaban J connectivity index is 2.91. The summed E-state index contributed by atoms with van der Waals surface area (Å²) in [6.45, 7) is 14.1. The van der Waals surface area contributed by atoms with Gasteiger partial charge in [0.25, 0.3) is 0 Å². The summed E-state index contributed by atoms with van der Waals surface area (Å²) in [5.41, 5.74) is 9.09. The molecule has 1 aromatic rings. The standard InChI is InChI=1S/C19H34N2/c1-6-13-21(19(7-2,8-3)15-20)14-17-9-11-18(12-10-17)16(4)5/h9-12,16H,6-8,13-15,20H2,1-5H3. The molecule has 0 saturated heterocycles. The van der Waals surface area contributed by atoms with Crippen LogP contribution >= 0.6 is 0 Å². The van der Waals surface area contributed by atoms with Gasteiger partial charge in [0, 0.05) is 18.6 Å². The summed E-state index contributed by atoms with van der Waals surface area (Å²) in [6, 6.07) is 9.10. The smallest absolute Gasteiger partial charge is 0.0330 e. The van der Waals surface area contributed by atoms with Crippen LogP contribution in [0.4, 0.5) is 0 Å². The number of nitrogens with zero attached hydrogens (tertiary/aromatic N) is 1. The van der Waals surface area contributed by atoms with Crippen LogP contribution in [0, 0.1) is 0 Å².